The van der Waals surface area contributed by atoms with Gasteiger partial charge in [-0.1, -0.05) is 172 Å². The maximum absolute atomic E-state index is 6.93. The van der Waals surface area contributed by atoms with Gasteiger partial charge in [0.15, 0.2) is 0 Å². The summed E-state index contributed by atoms with van der Waals surface area (Å²) in [5.74, 6) is 0. The molecule has 0 radical (unpaired) electrons. The van der Waals surface area contributed by atoms with Gasteiger partial charge in [0.2, 0.25) is 0 Å². The van der Waals surface area contributed by atoms with E-state index >= 15 is 0 Å². The highest BCUT2D eigenvalue weighted by Crippen LogP contribution is 2.51. The van der Waals surface area contributed by atoms with Crippen LogP contribution >= 0.6 is 0 Å². The number of benzene rings is 10. The van der Waals surface area contributed by atoms with Crippen LogP contribution in [0.5, 0.6) is 0 Å². The molecule has 0 unspecified atom stereocenters. The standard InChI is InChI=1S/C61H42N2O/c1-61(2)53-27-10-5-22-45(53)46-34-33-41(36-54(46)61)40-19-15-20-42(35-40)62(55-31-16-18-39-17-3-4-21-44(39)55)43-37-51(60-52(38-43)50-26-9-14-32-59(50)64-60)49-25-8-13-30-58(49)63-56-28-11-6-23-47(56)48-24-7-12-29-57(48)63/h3-38H,1-2H3. The maximum atomic E-state index is 6.93. The first kappa shape index (κ1) is 36.5. The minimum atomic E-state index is -0.0940. The van der Waals surface area contributed by atoms with Crippen LogP contribution in [0.15, 0.2) is 223 Å². The van der Waals surface area contributed by atoms with Crippen molar-refractivity contribution < 1.29 is 4.42 Å². The minimum Gasteiger partial charge on any atom is -0.455 e. The summed E-state index contributed by atoms with van der Waals surface area (Å²) in [4.78, 5) is 2.45. The van der Waals surface area contributed by atoms with Crippen LogP contribution in [-0.4, -0.2) is 4.57 Å². The molecule has 302 valence electrons. The van der Waals surface area contributed by atoms with E-state index in [2.05, 4.69) is 242 Å². The Kier molecular flexibility index (Phi) is 7.95. The highest BCUT2D eigenvalue weighted by Gasteiger charge is 2.35. The molecule has 12 aromatic rings. The molecule has 0 spiro atoms. The van der Waals surface area contributed by atoms with Crippen molar-refractivity contribution in [2.45, 2.75) is 19.3 Å². The molecule has 13 rings (SSSR count). The topological polar surface area (TPSA) is 21.3 Å². The highest BCUT2D eigenvalue weighted by atomic mass is 16.3. The normalized spacial score (nSPS) is 13.0. The fraction of sp³-hybridized carbons (Fsp3) is 0.0492. The average molecular weight is 819 g/mol. The van der Waals surface area contributed by atoms with Crippen LogP contribution in [0.4, 0.5) is 17.1 Å². The van der Waals surface area contributed by atoms with Gasteiger partial charge in [-0.05, 0) is 99.4 Å². The van der Waals surface area contributed by atoms with Crippen molar-refractivity contribution in [2.24, 2.45) is 0 Å². The van der Waals surface area contributed by atoms with Gasteiger partial charge < -0.3 is 13.9 Å². The largest absolute Gasteiger partial charge is 0.455 e. The lowest BCUT2D eigenvalue weighted by molar-refractivity contribution is 0.660. The molecule has 64 heavy (non-hydrogen) atoms. The molecule has 1 aliphatic rings. The summed E-state index contributed by atoms with van der Waals surface area (Å²) in [6.45, 7) is 4.71. The Labute approximate surface area is 371 Å². The van der Waals surface area contributed by atoms with E-state index < -0.39 is 0 Å². The van der Waals surface area contributed by atoms with Crippen molar-refractivity contribution in [3.63, 3.8) is 0 Å². The molecule has 0 bridgehead atoms. The second-order valence-electron chi connectivity index (χ2n) is 17.7. The van der Waals surface area contributed by atoms with E-state index in [1.807, 2.05) is 0 Å². The van der Waals surface area contributed by atoms with E-state index in [0.29, 0.717) is 0 Å². The summed E-state index contributed by atoms with van der Waals surface area (Å²) in [6.07, 6.45) is 0. The summed E-state index contributed by atoms with van der Waals surface area (Å²) in [5.41, 5.74) is 18.2. The Hall–Kier alpha value is -8.14. The van der Waals surface area contributed by atoms with Gasteiger partial charge >= 0.3 is 0 Å². The summed E-state index contributed by atoms with van der Waals surface area (Å²) < 4.78 is 9.35. The third-order valence-electron chi connectivity index (χ3n) is 13.8. The lowest BCUT2D eigenvalue weighted by Crippen LogP contribution is -2.14. The van der Waals surface area contributed by atoms with Crippen molar-refractivity contribution in [3.8, 4) is 39.1 Å². The fourth-order valence-electron chi connectivity index (χ4n) is 10.8. The molecule has 0 fully saturated rings. The van der Waals surface area contributed by atoms with Crippen molar-refractivity contribution in [2.75, 3.05) is 4.90 Å². The van der Waals surface area contributed by atoms with Gasteiger partial charge in [-0.3, -0.25) is 0 Å². The van der Waals surface area contributed by atoms with E-state index in [9.17, 15) is 0 Å². The molecule has 3 heteroatoms. The van der Waals surface area contributed by atoms with Crippen molar-refractivity contribution in [1.29, 1.82) is 0 Å². The van der Waals surface area contributed by atoms with Crippen LogP contribution in [0.1, 0.15) is 25.0 Å². The Balaban J connectivity index is 1.07. The quantitative estimate of drug-likeness (QED) is 0.167. The van der Waals surface area contributed by atoms with E-state index in [-0.39, 0.29) is 5.41 Å². The van der Waals surface area contributed by atoms with Crippen molar-refractivity contribution >= 4 is 71.6 Å². The van der Waals surface area contributed by atoms with E-state index in [1.165, 1.54) is 66.0 Å². The Morgan fingerprint density at radius 3 is 1.86 bits per heavy atom. The molecule has 1 aliphatic carbocycles. The van der Waals surface area contributed by atoms with Crippen LogP contribution in [0.3, 0.4) is 0 Å². The first-order chi connectivity index (χ1) is 31.5. The molecule has 2 aromatic heterocycles. The molecule has 0 amide bonds. The number of aromatic nitrogens is 1. The van der Waals surface area contributed by atoms with Crippen LogP contribution in [0.2, 0.25) is 0 Å². The number of hydrogen-bond acceptors (Lipinski definition) is 2. The molecule has 0 saturated heterocycles. The van der Waals surface area contributed by atoms with Crippen LogP contribution in [0.25, 0.3) is 93.6 Å². The number of para-hydroxylation sites is 4. The van der Waals surface area contributed by atoms with Gasteiger partial charge in [0, 0.05) is 54.8 Å². The van der Waals surface area contributed by atoms with Gasteiger partial charge in [0.25, 0.3) is 0 Å². The fourth-order valence-corrected chi connectivity index (χ4v) is 10.8. The van der Waals surface area contributed by atoms with Gasteiger partial charge in [0.05, 0.1) is 22.4 Å². The lowest BCUT2D eigenvalue weighted by Gasteiger charge is -2.28. The van der Waals surface area contributed by atoms with E-state index in [0.717, 1.165) is 55.8 Å². The zero-order valence-corrected chi connectivity index (χ0v) is 35.6. The number of furan rings is 1. The molecule has 2 heterocycles. The van der Waals surface area contributed by atoms with Gasteiger partial charge in [-0.2, -0.15) is 0 Å². The Morgan fingerprint density at radius 1 is 0.406 bits per heavy atom. The molecule has 10 aromatic carbocycles. The van der Waals surface area contributed by atoms with Gasteiger partial charge in [-0.25, -0.2) is 0 Å². The number of nitrogens with zero attached hydrogens (tertiary/aromatic N) is 2. The second-order valence-corrected chi connectivity index (χ2v) is 17.7. The average Bonchev–Trinajstić information content (AvgIpc) is 3.97. The summed E-state index contributed by atoms with van der Waals surface area (Å²) >= 11 is 0. The predicted molar refractivity (Wildman–Crippen MR) is 269 cm³/mol. The van der Waals surface area contributed by atoms with Crippen LogP contribution in [0, 0.1) is 0 Å². The number of hydrogen-bond donors (Lipinski definition) is 0. The molecule has 0 atom stereocenters. The zero-order valence-electron chi connectivity index (χ0n) is 35.6. The molecular weight excluding hydrogens is 777 g/mol. The summed E-state index contributed by atoms with van der Waals surface area (Å²) in [7, 11) is 0. The molecular formula is C61H42N2O. The van der Waals surface area contributed by atoms with E-state index in [4.69, 9.17) is 4.42 Å². The van der Waals surface area contributed by atoms with Crippen LogP contribution in [-0.2, 0) is 5.41 Å². The maximum Gasteiger partial charge on any atom is 0.143 e. The number of fused-ring (bicyclic) bond motifs is 10. The lowest BCUT2D eigenvalue weighted by atomic mass is 9.81. The van der Waals surface area contributed by atoms with Crippen molar-refractivity contribution in [1.82, 2.24) is 4.57 Å². The molecule has 3 nitrogen and oxygen atoms in total. The van der Waals surface area contributed by atoms with Gasteiger partial charge in [0.1, 0.15) is 11.2 Å². The second kappa shape index (κ2) is 13.9. The summed E-state index contributed by atoms with van der Waals surface area (Å²) in [5, 5.41) is 6.98. The van der Waals surface area contributed by atoms with E-state index in [1.54, 1.807) is 0 Å². The minimum absolute atomic E-state index is 0.0940. The van der Waals surface area contributed by atoms with Gasteiger partial charge in [-0.15, -0.1) is 0 Å². The number of anilines is 3. The SMILES string of the molecule is CC1(C)c2ccccc2-c2ccc(-c3cccc(N(c4cc(-c5ccccc5-n5c6ccccc6c6ccccc65)c5oc6ccccc6c5c4)c4cccc5ccccc45)c3)cc21. The third kappa shape index (κ3) is 5.41. The molecule has 0 saturated carbocycles. The highest BCUT2D eigenvalue weighted by molar-refractivity contribution is 6.14. The Bertz CT molecular complexity index is 3790. The predicted octanol–water partition coefficient (Wildman–Crippen LogP) is 16.9. The molecule has 0 N–H and O–H groups in total. The smallest absolute Gasteiger partial charge is 0.143 e. The zero-order chi connectivity index (χ0) is 42.5. The summed E-state index contributed by atoms with van der Waals surface area (Å²) in [6, 6.07) is 79.7. The monoisotopic (exact) mass is 818 g/mol. The van der Waals surface area contributed by atoms with Crippen molar-refractivity contribution in [3.05, 3.63) is 230 Å². The van der Waals surface area contributed by atoms with Crippen LogP contribution < -0.4 is 4.90 Å². The first-order valence-corrected chi connectivity index (χ1v) is 22.2. The number of rotatable bonds is 6. The molecule has 0 aliphatic heterocycles. The third-order valence-corrected chi connectivity index (χ3v) is 13.8. The Morgan fingerprint density at radius 2 is 1.03 bits per heavy atom. The first-order valence-electron chi connectivity index (χ1n) is 22.2.